The molecule has 3 aromatic carbocycles. The Morgan fingerprint density at radius 2 is 1.50 bits per heavy atom. The number of anilines is 1. The first-order valence-electron chi connectivity index (χ1n) is 8.74. The van der Waals surface area contributed by atoms with E-state index in [4.69, 9.17) is 9.94 Å². The highest BCUT2D eigenvalue weighted by atomic mass is 16.5. The Labute approximate surface area is 162 Å². The second-order valence-corrected chi connectivity index (χ2v) is 6.10. The fourth-order valence-corrected chi connectivity index (χ4v) is 2.86. The van der Waals surface area contributed by atoms with Gasteiger partial charge in [-0.1, -0.05) is 60.7 Å². The molecule has 0 radical (unpaired) electrons. The summed E-state index contributed by atoms with van der Waals surface area (Å²) in [5.41, 5.74) is 3.61. The van der Waals surface area contributed by atoms with E-state index in [-0.39, 0.29) is 12.5 Å². The number of hydroxylamine groups is 1. The summed E-state index contributed by atoms with van der Waals surface area (Å²) in [6, 6.07) is 25.1. The van der Waals surface area contributed by atoms with Crippen LogP contribution in [0.4, 0.5) is 5.69 Å². The van der Waals surface area contributed by atoms with Crippen molar-refractivity contribution in [1.82, 2.24) is 5.48 Å². The third-order valence-corrected chi connectivity index (χ3v) is 4.12. The van der Waals surface area contributed by atoms with Gasteiger partial charge in [0.05, 0.1) is 5.92 Å². The number of ether oxygens (including phenoxy) is 1. The fraction of sp³-hybridized carbons (Fsp3) is 0.0909. The van der Waals surface area contributed by atoms with Crippen LogP contribution in [0.25, 0.3) is 0 Å². The number of hydrogen-bond donors (Lipinski definition) is 3. The molecule has 0 saturated heterocycles. The van der Waals surface area contributed by atoms with Crippen LogP contribution >= 0.6 is 0 Å². The van der Waals surface area contributed by atoms with Crippen LogP contribution in [0.3, 0.4) is 0 Å². The quantitative estimate of drug-likeness (QED) is 0.436. The second-order valence-electron chi connectivity index (χ2n) is 6.10. The van der Waals surface area contributed by atoms with E-state index in [1.54, 1.807) is 54.0 Å². The number of benzene rings is 3. The van der Waals surface area contributed by atoms with Crippen molar-refractivity contribution in [2.75, 3.05) is 11.9 Å². The van der Waals surface area contributed by atoms with Crippen LogP contribution < -0.4 is 15.5 Å². The van der Waals surface area contributed by atoms with Crippen molar-refractivity contribution in [1.29, 1.82) is 0 Å². The maximum Gasteiger partial charge on any atom is 0.262 e. The number of nitrogens with one attached hydrogen (secondary N) is 2. The number of carbonyl (C=O) groups excluding carboxylic acids is 2. The van der Waals surface area contributed by atoms with Gasteiger partial charge in [0.1, 0.15) is 5.75 Å². The maximum atomic E-state index is 12.2. The van der Waals surface area contributed by atoms with Crippen LogP contribution in [-0.4, -0.2) is 23.6 Å². The molecule has 6 heteroatoms. The summed E-state index contributed by atoms with van der Waals surface area (Å²) in [5.74, 6) is -0.968. The molecule has 6 nitrogen and oxygen atoms in total. The zero-order valence-electron chi connectivity index (χ0n) is 15.0. The molecule has 0 fully saturated rings. The zero-order valence-corrected chi connectivity index (χ0v) is 15.0. The van der Waals surface area contributed by atoms with Gasteiger partial charge in [-0.05, 0) is 35.4 Å². The Hall–Kier alpha value is -3.64. The fourth-order valence-electron chi connectivity index (χ4n) is 2.86. The minimum atomic E-state index is -0.705. The van der Waals surface area contributed by atoms with Crippen molar-refractivity contribution < 1.29 is 19.5 Å². The smallest absolute Gasteiger partial charge is 0.262 e. The van der Waals surface area contributed by atoms with E-state index in [2.05, 4.69) is 5.32 Å². The number of para-hydroxylation sites is 1. The van der Waals surface area contributed by atoms with E-state index < -0.39 is 11.8 Å². The summed E-state index contributed by atoms with van der Waals surface area (Å²) in [4.78, 5) is 24.4. The number of amides is 2. The van der Waals surface area contributed by atoms with E-state index in [0.717, 1.165) is 5.56 Å². The van der Waals surface area contributed by atoms with Crippen molar-refractivity contribution >= 4 is 17.5 Å². The minimum Gasteiger partial charge on any atom is -0.484 e. The summed E-state index contributed by atoms with van der Waals surface area (Å²) >= 11 is 0. The van der Waals surface area contributed by atoms with Crippen molar-refractivity contribution in [2.45, 2.75) is 5.92 Å². The normalized spacial score (nSPS) is 11.3. The molecule has 0 aliphatic carbocycles. The first-order valence-corrected chi connectivity index (χ1v) is 8.74. The Morgan fingerprint density at radius 1 is 0.857 bits per heavy atom. The number of carbonyl (C=O) groups is 2. The van der Waals surface area contributed by atoms with Gasteiger partial charge in [0.15, 0.2) is 6.61 Å². The molecule has 2 amide bonds. The van der Waals surface area contributed by atoms with Gasteiger partial charge in [0.2, 0.25) is 0 Å². The third-order valence-electron chi connectivity index (χ3n) is 4.12. The van der Waals surface area contributed by atoms with Gasteiger partial charge in [-0.3, -0.25) is 14.8 Å². The average Bonchev–Trinajstić information content (AvgIpc) is 2.74. The van der Waals surface area contributed by atoms with Crippen LogP contribution in [0.1, 0.15) is 17.0 Å². The molecule has 3 rings (SSSR count). The molecule has 3 N–H and O–H groups in total. The molecule has 142 valence electrons. The van der Waals surface area contributed by atoms with E-state index in [1.165, 1.54) is 0 Å². The molecular weight excluding hydrogens is 356 g/mol. The van der Waals surface area contributed by atoms with Crippen molar-refractivity contribution in [2.24, 2.45) is 0 Å². The zero-order chi connectivity index (χ0) is 19.8. The number of rotatable bonds is 7. The van der Waals surface area contributed by atoms with Crippen molar-refractivity contribution in [3.8, 4) is 5.75 Å². The Kier molecular flexibility index (Phi) is 6.38. The van der Waals surface area contributed by atoms with Crippen LogP contribution in [0.5, 0.6) is 5.75 Å². The average molecular weight is 376 g/mol. The van der Waals surface area contributed by atoms with E-state index >= 15 is 0 Å². The monoisotopic (exact) mass is 376 g/mol. The predicted octanol–water partition coefficient (Wildman–Crippen LogP) is 3.34. The molecule has 1 atom stereocenters. The standard InChI is InChI=1S/C22H20N2O4/c25-20(15-28-19-12-5-2-6-13-19)23-18-11-7-10-17(14-18)21(22(26)24-27)16-8-3-1-4-9-16/h1-14,21,27H,15H2,(H,23,25)(H,24,26). The maximum absolute atomic E-state index is 12.2. The highest BCUT2D eigenvalue weighted by Gasteiger charge is 2.22. The lowest BCUT2D eigenvalue weighted by molar-refractivity contribution is -0.129. The second kappa shape index (κ2) is 9.34. The highest BCUT2D eigenvalue weighted by Crippen LogP contribution is 2.27. The largest absolute Gasteiger partial charge is 0.484 e. The van der Waals surface area contributed by atoms with Crippen molar-refractivity contribution in [3.05, 3.63) is 96.1 Å². The third kappa shape index (κ3) is 4.96. The number of hydrogen-bond acceptors (Lipinski definition) is 4. The summed E-state index contributed by atoms with van der Waals surface area (Å²) in [5, 5.41) is 11.9. The van der Waals surface area contributed by atoms with Crippen LogP contribution in [0, 0.1) is 0 Å². The van der Waals surface area contributed by atoms with E-state index in [9.17, 15) is 9.59 Å². The molecule has 1 unspecified atom stereocenters. The molecular formula is C22H20N2O4. The van der Waals surface area contributed by atoms with Gasteiger partial charge >= 0.3 is 0 Å². The van der Waals surface area contributed by atoms with Crippen molar-refractivity contribution in [3.63, 3.8) is 0 Å². The van der Waals surface area contributed by atoms with E-state index in [1.807, 2.05) is 36.4 Å². The van der Waals surface area contributed by atoms with Gasteiger partial charge in [-0.2, -0.15) is 0 Å². The molecule has 0 aliphatic heterocycles. The molecule has 0 aliphatic rings. The summed E-state index contributed by atoms with van der Waals surface area (Å²) < 4.78 is 5.43. The summed E-state index contributed by atoms with van der Waals surface area (Å²) in [6.07, 6.45) is 0. The molecule has 0 bridgehead atoms. The first-order chi connectivity index (χ1) is 13.7. The molecule has 3 aromatic rings. The van der Waals surface area contributed by atoms with Gasteiger partial charge in [0, 0.05) is 5.69 Å². The van der Waals surface area contributed by atoms with E-state index in [0.29, 0.717) is 17.0 Å². The summed E-state index contributed by atoms with van der Waals surface area (Å²) in [6.45, 7) is -0.131. The van der Waals surface area contributed by atoms with Crippen LogP contribution in [0.2, 0.25) is 0 Å². The Morgan fingerprint density at radius 3 is 2.18 bits per heavy atom. The van der Waals surface area contributed by atoms with Crippen LogP contribution in [-0.2, 0) is 9.59 Å². The lowest BCUT2D eigenvalue weighted by Gasteiger charge is -2.17. The molecule has 0 heterocycles. The molecule has 0 spiro atoms. The topological polar surface area (TPSA) is 87.7 Å². The van der Waals surface area contributed by atoms with Gasteiger partial charge in [-0.25, -0.2) is 5.48 Å². The first kappa shape index (κ1) is 19.1. The van der Waals surface area contributed by atoms with Gasteiger partial charge in [0.25, 0.3) is 11.8 Å². The minimum absolute atomic E-state index is 0.131. The lowest BCUT2D eigenvalue weighted by atomic mass is 9.90. The molecule has 0 saturated carbocycles. The van der Waals surface area contributed by atoms with Crippen LogP contribution in [0.15, 0.2) is 84.9 Å². The predicted molar refractivity (Wildman–Crippen MR) is 105 cm³/mol. The SMILES string of the molecule is O=C(COc1ccccc1)Nc1cccc(C(C(=O)NO)c2ccccc2)c1. The molecule has 28 heavy (non-hydrogen) atoms. The highest BCUT2D eigenvalue weighted by molar-refractivity contribution is 5.92. The summed E-state index contributed by atoms with van der Waals surface area (Å²) in [7, 11) is 0. The Bertz CT molecular complexity index is 930. The lowest BCUT2D eigenvalue weighted by Crippen LogP contribution is -2.27. The van der Waals surface area contributed by atoms with Gasteiger partial charge in [-0.15, -0.1) is 0 Å². The van der Waals surface area contributed by atoms with Gasteiger partial charge < -0.3 is 10.1 Å². The molecule has 0 aromatic heterocycles. The Balaban J connectivity index is 1.73.